The molecule has 8 nitrogen and oxygen atoms in total. The third kappa shape index (κ3) is 5.45. The summed E-state index contributed by atoms with van der Waals surface area (Å²) >= 11 is 3.24. The molecule has 9 heteroatoms. The average molecular weight is 458 g/mol. The van der Waals surface area contributed by atoms with Crippen LogP contribution in [0.25, 0.3) is 0 Å². The lowest BCUT2D eigenvalue weighted by atomic mass is 10.0. The van der Waals surface area contributed by atoms with Crippen LogP contribution in [0.15, 0.2) is 27.1 Å². The fourth-order valence-electron chi connectivity index (χ4n) is 2.68. The van der Waals surface area contributed by atoms with Gasteiger partial charge in [0.15, 0.2) is 5.76 Å². The van der Waals surface area contributed by atoms with Crippen LogP contribution in [0.5, 0.6) is 0 Å². The van der Waals surface area contributed by atoms with E-state index in [0.29, 0.717) is 4.47 Å². The summed E-state index contributed by atoms with van der Waals surface area (Å²) in [5, 5.41) is 0. The Morgan fingerprint density at radius 3 is 2.50 bits per heavy atom. The van der Waals surface area contributed by atoms with Crippen LogP contribution in [0.2, 0.25) is 0 Å². The molecule has 2 rings (SSSR count). The number of halogens is 1. The van der Waals surface area contributed by atoms with E-state index in [1.165, 1.54) is 25.2 Å². The standard InChI is InChI=1S/C19H24BrNO7/c1-19(2,3)28-17(23)15-9-13(20)16(27-15)14(22)8-11-6-7-12(25-4)10-21(11)18(24)26-5/h6-7,9,11-12H,8,10H2,1-5H3/t11-,12+/m1/s1. The van der Waals surface area contributed by atoms with Gasteiger partial charge in [0.05, 0.1) is 30.3 Å². The lowest BCUT2D eigenvalue weighted by molar-refractivity contribution is 0.00351. The van der Waals surface area contributed by atoms with E-state index in [1.807, 2.05) is 0 Å². The van der Waals surface area contributed by atoms with Gasteiger partial charge in [-0.25, -0.2) is 9.59 Å². The SMILES string of the molecule is COC(=O)N1C[C@@H](OC)C=C[C@@H]1CC(=O)c1oc(C(=O)OC(C)(C)C)cc1Br. The maximum absolute atomic E-state index is 12.7. The summed E-state index contributed by atoms with van der Waals surface area (Å²) in [6.07, 6.45) is 2.64. The van der Waals surface area contributed by atoms with Crippen LogP contribution in [0.3, 0.4) is 0 Å². The smallest absolute Gasteiger partial charge is 0.410 e. The molecule has 2 heterocycles. The number of carbonyl (C=O) groups excluding carboxylic acids is 3. The molecule has 1 aliphatic heterocycles. The molecule has 1 amide bonds. The van der Waals surface area contributed by atoms with Crippen molar-refractivity contribution in [1.29, 1.82) is 0 Å². The minimum absolute atomic E-state index is 0.00654. The second kappa shape index (κ2) is 8.91. The summed E-state index contributed by atoms with van der Waals surface area (Å²) < 4.78 is 21.1. The van der Waals surface area contributed by atoms with Gasteiger partial charge in [-0.15, -0.1) is 0 Å². The van der Waals surface area contributed by atoms with Crippen LogP contribution in [0.4, 0.5) is 4.79 Å². The molecule has 0 bridgehead atoms. The highest BCUT2D eigenvalue weighted by molar-refractivity contribution is 9.10. The van der Waals surface area contributed by atoms with Gasteiger partial charge in [0.1, 0.15) is 5.60 Å². The van der Waals surface area contributed by atoms with Gasteiger partial charge >= 0.3 is 12.1 Å². The van der Waals surface area contributed by atoms with Gasteiger partial charge in [0.25, 0.3) is 0 Å². The third-order valence-corrected chi connectivity index (χ3v) is 4.56. The van der Waals surface area contributed by atoms with Gasteiger partial charge in [-0.05, 0) is 36.7 Å². The first-order valence-electron chi connectivity index (χ1n) is 8.67. The minimum atomic E-state index is -0.688. The predicted octanol–water partition coefficient (Wildman–Crippen LogP) is 3.59. The summed E-state index contributed by atoms with van der Waals surface area (Å²) in [4.78, 5) is 38.4. The molecular formula is C19H24BrNO7. The molecule has 0 saturated heterocycles. The maximum atomic E-state index is 12.7. The number of rotatable bonds is 5. The lowest BCUT2D eigenvalue weighted by Gasteiger charge is -2.33. The molecular weight excluding hydrogens is 434 g/mol. The van der Waals surface area contributed by atoms with E-state index in [9.17, 15) is 14.4 Å². The van der Waals surface area contributed by atoms with Crippen molar-refractivity contribution in [3.8, 4) is 0 Å². The Labute approximate surface area is 171 Å². The van der Waals surface area contributed by atoms with Gasteiger partial charge in [-0.3, -0.25) is 9.69 Å². The average Bonchev–Trinajstić information content (AvgIpc) is 3.02. The summed E-state index contributed by atoms with van der Waals surface area (Å²) in [6.45, 7) is 5.47. The second-order valence-corrected chi connectivity index (χ2v) is 8.12. The highest BCUT2D eigenvalue weighted by Crippen LogP contribution is 2.27. The summed E-state index contributed by atoms with van der Waals surface area (Å²) in [5.41, 5.74) is -0.688. The fourth-order valence-corrected chi connectivity index (χ4v) is 3.19. The Morgan fingerprint density at radius 2 is 1.93 bits per heavy atom. The second-order valence-electron chi connectivity index (χ2n) is 7.27. The lowest BCUT2D eigenvalue weighted by Crippen LogP contribution is -2.47. The molecule has 1 aromatic heterocycles. The van der Waals surface area contributed by atoms with Crippen molar-refractivity contribution in [1.82, 2.24) is 4.90 Å². The van der Waals surface area contributed by atoms with E-state index in [0.717, 1.165) is 0 Å². The molecule has 0 fully saturated rings. The molecule has 1 aliphatic rings. The molecule has 0 radical (unpaired) electrons. The number of carbonyl (C=O) groups is 3. The van der Waals surface area contributed by atoms with E-state index in [1.54, 1.807) is 32.9 Å². The van der Waals surface area contributed by atoms with E-state index in [4.69, 9.17) is 18.6 Å². The van der Waals surface area contributed by atoms with Crippen molar-refractivity contribution >= 4 is 33.8 Å². The zero-order valence-corrected chi connectivity index (χ0v) is 18.1. The van der Waals surface area contributed by atoms with Crippen molar-refractivity contribution < 1.29 is 33.0 Å². The molecule has 0 spiro atoms. The highest BCUT2D eigenvalue weighted by Gasteiger charge is 2.32. The molecule has 0 unspecified atom stereocenters. The third-order valence-electron chi connectivity index (χ3n) is 3.97. The van der Waals surface area contributed by atoms with Crippen molar-refractivity contribution in [3.63, 3.8) is 0 Å². The number of esters is 1. The number of ether oxygens (including phenoxy) is 3. The van der Waals surface area contributed by atoms with Crippen molar-refractivity contribution in [2.24, 2.45) is 0 Å². The fraction of sp³-hybridized carbons (Fsp3) is 0.526. The maximum Gasteiger partial charge on any atom is 0.410 e. The Balaban J connectivity index is 2.17. The van der Waals surface area contributed by atoms with E-state index < -0.39 is 23.7 Å². The van der Waals surface area contributed by atoms with Crippen molar-refractivity contribution in [2.75, 3.05) is 20.8 Å². The Hall–Kier alpha value is -2.13. The molecule has 0 aliphatic carbocycles. The molecule has 0 saturated carbocycles. The molecule has 28 heavy (non-hydrogen) atoms. The topological polar surface area (TPSA) is 95.3 Å². The highest BCUT2D eigenvalue weighted by atomic mass is 79.9. The van der Waals surface area contributed by atoms with Crippen LogP contribution in [-0.2, 0) is 14.2 Å². The van der Waals surface area contributed by atoms with Gasteiger partial charge in [0.2, 0.25) is 11.5 Å². The first-order valence-corrected chi connectivity index (χ1v) is 9.46. The van der Waals surface area contributed by atoms with Crippen LogP contribution in [0.1, 0.15) is 48.3 Å². The first kappa shape index (κ1) is 22.2. The van der Waals surface area contributed by atoms with Crippen LogP contribution < -0.4 is 0 Å². The van der Waals surface area contributed by atoms with Gasteiger partial charge in [-0.1, -0.05) is 12.2 Å². The molecule has 2 atom stereocenters. The van der Waals surface area contributed by atoms with E-state index >= 15 is 0 Å². The normalized spacial score (nSPS) is 19.4. The quantitative estimate of drug-likeness (QED) is 0.378. The summed E-state index contributed by atoms with van der Waals surface area (Å²) in [5.74, 6) is -1.12. The Morgan fingerprint density at radius 1 is 1.25 bits per heavy atom. The van der Waals surface area contributed by atoms with Gasteiger partial charge < -0.3 is 18.6 Å². The zero-order valence-electron chi connectivity index (χ0n) is 16.5. The summed E-state index contributed by atoms with van der Waals surface area (Å²) in [6, 6.07) is 0.880. The summed E-state index contributed by atoms with van der Waals surface area (Å²) in [7, 11) is 2.81. The largest absolute Gasteiger partial charge is 0.454 e. The Bertz CT molecular complexity index is 778. The number of hydrogen-bond donors (Lipinski definition) is 0. The monoisotopic (exact) mass is 457 g/mol. The van der Waals surface area contributed by atoms with Crippen LogP contribution >= 0.6 is 15.9 Å². The minimum Gasteiger partial charge on any atom is -0.454 e. The van der Waals surface area contributed by atoms with Crippen molar-refractivity contribution in [3.05, 3.63) is 34.2 Å². The molecule has 0 aromatic carbocycles. The van der Waals surface area contributed by atoms with Crippen molar-refractivity contribution in [2.45, 2.75) is 44.9 Å². The molecule has 154 valence electrons. The zero-order chi connectivity index (χ0) is 21.1. The van der Waals surface area contributed by atoms with E-state index in [2.05, 4.69) is 15.9 Å². The van der Waals surface area contributed by atoms with Gasteiger partial charge in [-0.2, -0.15) is 0 Å². The van der Waals surface area contributed by atoms with Gasteiger partial charge in [0, 0.05) is 19.6 Å². The van der Waals surface area contributed by atoms with Crippen LogP contribution in [0, 0.1) is 0 Å². The molecule has 0 N–H and O–H groups in total. The number of methoxy groups -OCH3 is 2. The van der Waals surface area contributed by atoms with Crippen LogP contribution in [-0.4, -0.2) is 61.3 Å². The van der Waals surface area contributed by atoms with E-state index in [-0.39, 0.29) is 36.4 Å². The first-order chi connectivity index (χ1) is 13.1. The number of furan rings is 1. The number of amides is 1. The number of ketones is 1. The predicted molar refractivity (Wildman–Crippen MR) is 103 cm³/mol. The number of hydrogen-bond acceptors (Lipinski definition) is 7. The molecule has 1 aromatic rings. The Kier molecular flexibility index (Phi) is 7.06. The number of nitrogens with zero attached hydrogens (tertiary/aromatic N) is 1. The number of Topliss-reactive ketones (excluding diaryl/α,β-unsaturated/α-hetero) is 1.